The normalized spacial score (nSPS) is 14.0. The Morgan fingerprint density at radius 1 is 0.153 bits per heavy atom. The van der Waals surface area contributed by atoms with E-state index in [1.165, 1.54) is 186 Å². The number of hydrogen-bond acceptors (Lipinski definition) is 28. The molecule has 144 heavy (non-hydrogen) atoms. The Kier molecular flexibility index (Phi) is 30.2. The number of carbonyl (C=O) groups excluding carboxylic acids is 4. The van der Waals surface area contributed by atoms with Crippen LogP contribution >= 0.6 is 411 Å². The average Bonchev–Trinajstić information content (AvgIpc) is 1.52. The fourth-order valence-corrected chi connectivity index (χ4v) is 68.2. The van der Waals surface area contributed by atoms with Crippen molar-refractivity contribution >= 4 is 685 Å². The topological polar surface area (TPSA) is 68.3 Å². The predicted molar refractivity (Wildman–Crippen MR) is 720 cm³/mol. The fraction of sp³-hybridized carbons (Fsp3) is 0.292. The molecule has 48 heteroatoms. The molecule has 0 atom stereocenters. The fourth-order valence-electron chi connectivity index (χ4n) is 18.0. The Labute approximate surface area is 995 Å². The molecular weight excluding hydrogens is 2640 g/mol. The number of thiophene rings is 24. The number of halogens is 12. The zero-order chi connectivity index (χ0) is 104. The first kappa shape index (κ1) is 110. The van der Waals surface area contributed by atoms with Crippen molar-refractivity contribution in [1.29, 1.82) is 0 Å². The van der Waals surface area contributed by atoms with Gasteiger partial charge in [-0.2, -0.15) is 0 Å². The quantitative estimate of drug-likeness (QED) is 0.112. The van der Waals surface area contributed by atoms with Crippen LogP contribution in [0.5, 0.6) is 0 Å². The summed E-state index contributed by atoms with van der Waals surface area (Å²) in [7, 11) is -13.0. The maximum Gasteiger partial charge on any atom is 0.214 e. The molecule has 0 aliphatic heterocycles. The molecule has 26 rings (SSSR count). The van der Waals surface area contributed by atoms with Crippen LogP contribution in [0, 0.1) is 0 Å². The van der Waals surface area contributed by atoms with E-state index in [4.69, 9.17) is 139 Å². The Morgan fingerprint density at radius 3 is 0.326 bits per heavy atom. The molecule has 24 aromatic heterocycles. The minimum atomic E-state index is -1.62. The molecule has 0 spiro atoms. The van der Waals surface area contributed by atoms with Crippen molar-refractivity contribution in [3.63, 3.8) is 0 Å². The molecular formula is C96H84Cl12O4S24Si8. The van der Waals surface area contributed by atoms with Crippen molar-refractivity contribution in [3.8, 4) is 44.5 Å². The molecule has 4 nitrogen and oxygen atoms in total. The lowest BCUT2D eigenvalue weighted by Crippen LogP contribution is -2.34. The number of alkyl halides is 12. The summed E-state index contributed by atoms with van der Waals surface area (Å²) in [6, 6.07) is 19.7. The number of hydrogen-bond donors (Lipinski definition) is 0. The largest absolute Gasteiger partial charge is 0.287 e. The smallest absolute Gasteiger partial charge is 0.214 e. The van der Waals surface area contributed by atoms with Gasteiger partial charge in [0.15, 0.2) is 17.2 Å². The van der Waals surface area contributed by atoms with Crippen LogP contribution in [0.1, 0.15) is 58.2 Å². The minimum absolute atomic E-state index is 0.124. The lowest BCUT2D eigenvalue weighted by molar-refractivity contribution is 0.103. The highest BCUT2D eigenvalue weighted by Crippen LogP contribution is 2.66. The lowest BCUT2D eigenvalue weighted by atomic mass is 9.90. The first-order valence-corrected chi connectivity index (χ1v) is 97.7. The highest BCUT2D eigenvalue weighted by Gasteiger charge is 2.45. The molecule has 0 N–H and O–H groups in total. The van der Waals surface area contributed by atoms with Gasteiger partial charge in [0.2, 0.25) is 23.1 Å². The van der Waals surface area contributed by atoms with E-state index in [1.807, 2.05) is 181 Å². The Hall–Kier alpha value is 0.855. The highest BCUT2D eigenvalue weighted by molar-refractivity contribution is 7.59. The van der Waals surface area contributed by atoms with Crippen molar-refractivity contribution in [2.45, 2.75) is 174 Å². The van der Waals surface area contributed by atoms with Crippen LogP contribution in [0.3, 0.4) is 0 Å². The van der Waals surface area contributed by atoms with Crippen molar-refractivity contribution in [2.24, 2.45) is 0 Å². The van der Waals surface area contributed by atoms with E-state index in [-0.39, 0.29) is 23.1 Å². The van der Waals surface area contributed by atoms with Gasteiger partial charge >= 0.3 is 0 Å². The average molecular weight is 2720 g/mol. The number of fused-ring (bicyclic) bond motifs is 44. The zero-order valence-electron chi connectivity index (χ0n) is 80.9. The maximum atomic E-state index is 16.4. The third kappa shape index (κ3) is 19.4. The molecule has 0 saturated carbocycles. The van der Waals surface area contributed by atoms with E-state index in [0.29, 0.717) is 0 Å². The van der Waals surface area contributed by atoms with Gasteiger partial charge in [0.1, 0.15) is 0 Å². The van der Waals surface area contributed by atoms with E-state index in [0.717, 1.165) is 83.5 Å². The predicted octanol–water partition coefficient (Wildman–Crippen LogP) is 43.8. The van der Waals surface area contributed by atoms with E-state index in [2.05, 4.69) is 206 Å². The van der Waals surface area contributed by atoms with Crippen LogP contribution in [0.2, 0.25) is 157 Å². The second kappa shape index (κ2) is 39.4. The summed E-state index contributed by atoms with van der Waals surface area (Å²) in [6.07, 6.45) is 0. The minimum Gasteiger partial charge on any atom is -0.287 e. The SMILES string of the molecule is C[Si](C)(C)c1cc2c(s1)sc1sc3c(c12)-c1c(sc2sc4sc([Si](C)(C)C)cc4c12)C(=O)c1sc2sc4sc([Si](C)(C)C)cc4c2c1-c1c(sc2sc4sc([Si](C)(C)C)cc4c12)C3=O.C[Si](C)(C)c1cc2c(s1)sc1sc3c(c12)-c1c(sc2sc4sc([Si](C)(C)C)cc4c12)C(=O)c1sc2sc4sc([Si](C)(C)C)cc4c2c1-c1c(sc2sc4sc([Si](C)(C)C)cc4c12)C3=O.ClC(Cl)Cl.ClC(Cl)Cl.ClC(Cl)Cl.ClC(Cl)Cl. The zero-order valence-corrected chi connectivity index (χ0v) is 118. The third-order valence-electron chi connectivity index (χ3n) is 24.8. The molecule has 0 aromatic carbocycles. The molecule has 24 heterocycles. The molecule has 752 valence electrons. The summed E-state index contributed by atoms with van der Waals surface area (Å²) < 4.78 is 29.2. The Morgan fingerprint density at radius 2 is 0.243 bits per heavy atom. The van der Waals surface area contributed by atoms with Crippen LogP contribution in [0.15, 0.2) is 48.5 Å². The molecule has 0 saturated heterocycles. The highest BCUT2D eigenvalue weighted by atomic mass is 35.6. The van der Waals surface area contributed by atoms with Crippen molar-refractivity contribution in [2.75, 3.05) is 0 Å². The summed E-state index contributed by atoms with van der Waals surface area (Å²) >= 11 is 102. The van der Waals surface area contributed by atoms with Crippen molar-refractivity contribution in [3.05, 3.63) is 87.5 Å². The van der Waals surface area contributed by atoms with Crippen LogP contribution in [0.4, 0.5) is 0 Å². The van der Waals surface area contributed by atoms with Gasteiger partial charge in [-0.05, 0) is 84.5 Å². The first-order valence-electron chi connectivity index (χ1n) is 44.9. The monoisotopic (exact) mass is 2710 g/mol. The first-order chi connectivity index (χ1) is 67.0. The summed E-state index contributed by atoms with van der Waals surface area (Å²) in [6.45, 7) is 58.4. The lowest BCUT2D eigenvalue weighted by Gasteiger charge is -2.13. The van der Waals surface area contributed by atoms with Gasteiger partial charge in [-0.1, -0.05) is 296 Å². The molecule has 2 aliphatic rings. The summed E-state index contributed by atoms with van der Waals surface area (Å²) in [5, 5.41) is 19.7. The van der Waals surface area contributed by atoms with Crippen molar-refractivity contribution in [1.82, 2.24) is 0 Å². The summed E-state index contributed by atoms with van der Waals surface area (Å²) in [4.78, 5) is 71.9. The number of rotatable bonds is 8. The van der Waals surface area contributed by atoms with Gasteiger partial charge in [0.05, 0.1) is 168 Å². The van der Waals surface area contributed by atoms with E-state index >= 15 is 19.2 Å². The Bertz CT molecular complexity index is 7870. The molecule has 0 radical (unpaired) electrons. The molecule has 0 bridgehead atoms. The molecule has 0 amide bonds. The summed E-state index contributed by atoms with van der Waals surface area (Å²) in [5.41, 5.74) is 8.09. The maximum absolute atomic E-state index is 16.4. The molecule has 24 aromatic rings. The van der Waals surface area contributed by atoms with Gasteiger partial charge in [0.25, 0.3) is 0 Å². The van der Waals surface area contributed by atoms with Gasteiger partial charge < -0.3 is 0 Å². The number of ketones is 4. The van der Waals surface area contributed by atoms with Crippen molar-refractivity contribution < 1.29 is 19.2 Å². The van der Waals surface area contributed by atoms with Crippen LogP contribution < -0.4 is 36.0 Å². The number of carbonyl (C=O) groups is 4. The molecule has 0 fully saturated rings. The van der Waals surface area contributed by atoms with Crippen LogP contribution in [0.25, 0.3) is 195 Å². The standard InChI is InChI=1S/2C46H40O2S12Si4.4CHCl3/c2*1-61(2,3)21-13-17-25-29-30-26-18-14-22(62(4,5)6)50-40(18)58-44(26)54-36(30)34(48)38-32(28-20-16-24(64(10,11)12)52-42(20)60-46(28)56-38)31-27-19-15-23(63(7,8)9)51-41(19)59-45(27)55-37(31)33(47)35(29)53-43(25)57-39(17)49-21;4*2-1(3)4/h2*13-16H,1-12H3;4*1H. The Balaban J connectivity index is 0.000000148. The third-order valence-corrected chi connectivity index (χ3v) is 83.1. The second-order valence-electron chi connectivity index (χ2n) is 43.4. The van der Waals surface area contributed by atoms with E-state index in [9.17, 15) is 0 Å². The van der Waals surface area contributed by atoms with Crippen LogP contribution in [-0.4, -0.2) is 105 Å². The van der Waals surface area contributed by atoms with E-state index in [1.54, 1.807) is 90.7 Å². The summed E-state index contributed by atoms with van der Waals surface area (Å²) in [5.74, 6) is 0.494. The van der Waals surface area contributed by atoms with Gasteiger partial charge in [0, 0.05) is 131 Å². The molecule has 0 unspecified atom stereocenters. The second-order valence-corrected chi connectivity index (χ2v) is 123. The van der Waals surface area contributed by atoms with Gasteiger partial charge in [-0.3, -0.25) is 19.2 Å². The van der Waals surface area contributed by atoms with Gasteiger partial charge in [-0.25, -0.2) is 0 Å². The van der Waals surface area contributed by atoms with E-state index < -0.39 is 81.8 Å². The van der Waals surface area contributed by atoms with Crippen LogP contribution in [-0.2, 0) is 0 Å². The van der Waals surface area contributed by atoms with Gasteiger partial charge in [-0.15, -0.1) is 272 Å². The molecule has 2 aliphatic carbocycles.